The van der Waals surface area contributed by atoms with Crippen LogP contribution in [0, 0.1) is 0 Å². The Hall–Kier alpha value is -1.02. The lowest BCUT2D eigenvalue weighted by Gasteiger charge is -2.25. The van der Waals surface area contributed by atoms with E-state index in [1.165, 1.54) is 0 Å². The van der Waals surface area contributed by atoms with Gasteiger partial charge in [-0.05, 0) is 24.6 Å². The average molecular weight is 226 g/mol. The van der Waals surface area contributed by atoms with E-state index in [1.54, 1.807) is 4.90 Å². The summed E-state index contributed by atoms with van der Waals surface area (Å²) in [5.41, 5.74) is 1.06. The van der Waals surface area contributed by atoms with Crippen molar-refractivity contribution in [1.29, 1.82) is 0 Å². The molecule has 1 atom stereocenters. The first-order chi connectivity index (χ1) is 7.06. The summed E-state index contributed by atoms with van der Waals surface area (Å²) in [4.78, 5) is 13.2. The lowest BCUT2D eigenvalue weighted by Crippen LogP contribution is -2.28. The summed E-state index contributed by atoms with van der Waals surface area (Å²) < 4.78 is 0. The largest absolute Gasteiger partial charge is 0.339 e. The van der Waals surface area contributed by atoms with E-state index in [1.807, 2.05) is 45.2 Å². The molecule has 3 heteroatoms. The number of hydrogen-bond donors (Lipinski definition) is 0. The predicted molar refractivity (Wildman–Crippen MR) is 62.9 cm³/mol. The fraction of sp³-hybridized carbons (Fsp3) is 0.417. The van der Waals surface area contributed by atoms with E-state index < -0.39 is 0 Å². The molecule has 0 aliphatic rings. The molecule has 82 valence electrons. The van der Waals surface area contributed by atoms with Crippen molar-refractivity contribution in [2.24, 2.45) is 0 Å². The van der Waals surface area contributed by atoms with Gasteiger partial charge < -0.3 is 4.90 Å². The zero-order valence-corrected chi connectivity index (χ0v) is 10.1. The molecule has 0 saturated carbocycles. The Morgan fingerprint density at radius 2 is 2.20 bits per heavy atom. The maximum Gasteiger partial charge on any atom is 0.222 e. The maximum atomic E-state index is 11.5. The molecule has 0 aromatic heterocycles. The van der Waals surface area contributed by atoms with Gasteiger partial charge in [0.15, 0.2) is 0 Å². The van der Waals surface area contributed by atoms with Gasteiger partial charge in [0.2, 0.25) is 5.91 Å². The zero-order chi connectivity index (χ0) is 11.4. The van der Waals surface area contributed by atoms with Crippen molar-refractivity contribution >= 4 is 17.5 Å². The number of halogens is 1. The van der Waals surface area contributed by atoms with E-state index >= 15 is 0 Å². The molecule has 0 aliphatic carbocycles. The number of hydrogen-bond acceptors (Lipinski definition) is 1. The van der Waals surface area contributed by atoms with Crippen LogP contribution in [0.4, 0.5) is 0 Å². The van der Waals surface area contributed by atoms with Crippen molar-refractivity contribution in [1.82, 2.24) is 4.90 Å². The summed E-state index contributed by atoms with van der Waals surface area (Å²) in [6.45, 7) is 3.86. The molecule has 1 aromatic rings. The van der Waals surface area contributed by atoms with Gasteiger partial charge in [-0.3, -0.25) is 4.79 Å². The molecule has 2 nitrogen and oxygen atoms in total. The second-order valence-electron chi connectivity index (χ2n) is 3.59. The molecule has 0 spiro atoms. The summed E-state index contributed by atoms with van der Waals surface area (Å²) in [6, 6.07) is 7.68. The van der Waals surface area contributed by atoms with Crippen LogP contribution in [-0.4, -0.2) is 17.9 Å². The Labute approximate surface area is 95.8 Å². The molecule has 1 rings (SSSR count). The molecule has 0 bridgehead atoms. The molecule has 0 N–H and O–H groups in total. The first-order valence-corrected chi connectivity index (χ1v) is 5.45. The number of rotatable bonds is 3. The molecule has 1 amide bonds. The van der Waals surface area contributed by atoms with Gasteiger partial charge >= 0.3 is 0 Å². The summed E-state index contributed by atoms with van der Waals surface area (Å²) in [5.74, 6) is 0.141. The fourth-order valence-electron chi connectivity index (χ4n) is 1.46. The van der Waals surface area contributed by atoms with Gasteiger partial charge in [0.25, 0.3) is 0 Å². The molecule has 0 heterocycles. The number of carbonyl (C=O) groups excluding carboxylic acids is 1. The predicted octanol–water partition coefficient (Wildman–Crippen LogP) is 3.27. The Morgan fingerprint density at radius 3 is 2.73 bits per heavy atom. The van der Waals surface area contributed by atoms with E-state index in [-0.39, 0.29) is 11.9 Å². The van der Waals surface area contributed by atoms with Gasteiger partial charge in [-0.25, -0.2) is 0 Å². The standard InChI is InChI=1S/C12H16ClNO/c1-4-12(15)14(3)9(2)10-6-5-7-11(13)8-10/h5-9H,4H2,1-3H3. The first kappa shape index (κ1) is 12.1. The van der Waals surface area contributed by atoms with Gasteiger partial charge in [-0.2, -0.15) is 0 Å². The van der Waals surface area contributed by atoms with Crippen LogP contribution in [-0.2, 0) is 4.79 Å². The number of amides is 1. The Kier molecular flexibility index (Phi) is 4.15. The van der Waals surface area contributed by atoms with Gasteiger partial charge in [0.05, 0.1) is 6.04 Å². The summed E-state index contributed by atoms with van der Waals surface area (Å²) in [5, 5.41) is 0.705. The van der Waals surface area contributed by atoms with Crippen LogP contribution in [0.25, 0.3) is 0 Å². The molecule has 0 saturated heterocycles. The number of benzene rings is 1. The van der Waals surface area contributed by atoms with Crippen LogP contribution >= 0.6 is 11.6 Å². The maximum absolute atomic E-state index is 11.5. The fourth-order valence-corrected chi connectivity index (χ4v) is 1.65. The van der Waals surface area contributed by atoms with Crippen molar-refractivity contribution in [3.8, 4) is 0 Å². The third kappa shape index (κ3) is 2.96. The van der Waals surface area contributed by atoms with Gasteiger partial charge in [0.1, 0.15) is 0 Å². The van der Waals surface area contributed by atoms with E-state index in [4.69, 9.17) is 11.6 Å². The number of carbonyl (C=O) groups is 1. The molecule has 0 fully saturated rings. The minimum atomic E-state index is 0.0659. The van der Waals surface area contributed by atoms with Crippen LogP contribution in [0.15, 0.2) is 24.3 Å². The van der Waals surface area contributed by atoms with Crippen LogP contribution in [0.1, 0.15) is 31.9 Å². The second kappa shape index (κ2) is 5.17. The SMILES string of the molecule is CCC(=O)N(C)C(C)c1cccc(Cl)c1. The molecule has 0 aliphatic heterocycles. The monoisotopic (exact) mass is 225 g/mol. The normalized spacial score (nSPS) is 12.3. The molecular formula is C12H16ClNO. The highest BCUT2D eigenvalue weighted by atomic mass is 35.5. The van der Waals surface area contributed by atoms with Crippen LogP contribution < -0.4 is 0 Å². The third-order valence-corrected chi connectivity index (χ3v) is 2.84. The van der Waals surface area contributed by atoms with Crippen molar-refractivity contribution in [3.05, 3.63) is 34.9 Å². The van der Waals surface area contributed by atoms with Crippen molar-refractivity contribution < 1.29 is 4.79 Å². The first-order valence-electron chi connectivity index (χ1n) is 5.07. The van der Waals surface area contributed by atoms with E-state index in [9.17, 15) is 4.79 Å². The minimum Gasteiger partial charge on any atom is -0.339 e. The van der Waals surface area contributed by atoms with Crippen molar-refractivity contribution in [2.75, 3.05) is 7.05 Å². The average Bonchev–Trinajstić information content (AvgIpc) is 2.26. The molecule has 1 aromatic carbocycles. The Morgan fingerprint density at radius 1 is 1.53 bits per heavy atom. The molecule has 0 radical (unpaired) electrons. The van der Waals surface area contributed by atoms with Crippen molar-refractivity contribution in [2.45, 2.75) is 26.3 Å². The third-order valence-electron chi connectivity index (χ3n) is 2.61. The summed E-state index contributed by atoms with van der Waals surface area (Å²) in [7, 11) is 1.82. The molecule has 15 heavy (non-hydrogen) atoms. The second-order valence-corrected chi connectivity index (χ2v) is 4.03. The van der Waals surface area contributed by atoms with E-state index in [2.05, 4.69) is 0 Å². The van der Waals surface area contributed by atoms with Crippen LogP contribution in [0.3, 0.4) is 0 Å². The highest BCUT2D eigenvalue weighted by Gasteiger charge is 2.15. The summed E-state index contributed by atoms with van der Waals surface area (Å²) >= 11 is 5.90. The van der Waals surface area contributed by atoms with E-state index in [0.29, 0.717) is 11.4 Å². The molecular weight excluding hydrogens is 210 g/mol. The molecule has 1 unspecified atom stereocenters. The Balaban J connectivity index is 2.84. The summed E-state index contributed by atoms with van der Waals surface area (Å²) in [6.07, 6.45) is 0.529. The quantitative estimate of drug-likeness (QED) is 0.773. The minimum absolute atomic E-state index is 0.0659. The topological polar surface area (TPSA) is 20.3 Å². The van der Waals surface area contributed by atoms with Crippen LogP contribution in [0.2, 0.25) is 5.02 Å². The smallest absolute Gasteiger partial charge is 0.222 e. The lowest BCUT2D eigenvalue weighted by molar-refractivity contribution is -0.131. The lowest BCUT2D eigenvalue weighted by atomic mass is 10.1. The van der Waals surface area contributed by atoms with Gasteiger partial charge in [-0.15, -0.1) is 0 Å². The number of nitrogens with zero attached hydrogens (tertiary/aromatic N) is 1. The Bertz CT molecular complexity index is 351. The highest BCUT2D eigenvalue weighted by molar-refractivity contribution is 6.30. The van der Waals surface area contributed by atoms with Crippen molar-refractivity contribution in [3.63, 3.8) is 0 Å². The van der Waals surface area contributed by atoms with Gasteiger partial charge in [-0.1, -0.05) is 30.7 Å². The van der Waals surface area contributed by atoms with Crippen LogP contribution in [0.5, 0.6) is 0 Å². The highest BCUT2D eigenvalue weighted by Crippen LogP contribution is 2.22. The van der Waals surface area contributed by atoms with Gasteiger partial charge in [0, 0.05) is 18.5 Å². The van der Waals surface area contributed by atoms with E-state index in [0.717, 1.165) is 5.56 Å². The zero-order valence-electron chi connectivity index (χ0n) is 9.33.